The number of hydrogen-bond donors (Lipinski definition) is 4. The lowest BCUT2D eigenvalue weighted by Gasteiger charge is -2.58. The first-order chi connectivity index (χ1) is 19.8. The molecule has 0 spiro atoms. The zero-order valence-corrected chi connectivity index (χ0v) is 26.9. The molecule has 3 saturated carbocycles. The van der Waals surface area contributed by atoms with Gasteiger partial charge in [-0.15, -0.1) is 0 Å². The highest BCUT2D eigenvalue weighted by atomic mass is 16.7. The van der Waals surface area contributed by atoms with Crippen molar-refractivity contribution in [3.05, 3.63) is 11.6 Å². The maximum atomic E-state index is 11.5. The molecule has 4 N–H and O–H groups in total. The van der Waals surface area contributed by atoms with Crippen molar-refractivity contribution in [2.75, 3.05) is 0 Å². The van der Waals surface area contributed by atoms with Gasteiger partial charge < -0.3 is 29.9 Å². The molecule has 5 rings (SSSR count). The summed E-state index contributed by atoms with van der Waals surface area (Å²) in [5.41, 5.74) is 2.03. The second kappa shape index (κ2) is 12.4. The number of fused-ring (bicyclic) bond motifs is 5. The molecule has 240 valence electrons. The van der Waals surface area contributed by atoms with E-state index < -0.39 is 36.7 Å². The highest BCUT2D eigenvalue weighted by Gasteiger charge is 2.59. The Morgan fingerprint density at radius 3 is 2.40 bits per heavy atom. The van der Waals surface area contributed by atoms with Crippen molar-refractivity contribution >= 4 is 5.97 Å². The van der Waals surface area contributed by atoms with Gasteiger partial charge in [-0.05, 0) is 110 Å². The van der Waals surface area contributed by atoms with Crippen LogP contribution in [-0.4, -0.2) is 63.2 Å². The molecule has 4 fully saturated rings. The van der Waals surface area contributed by atoms with Crippen LogP contribution in [0.25, 0.3) is 0 Å². The summed E-state index contributed by atoms with van der Waals surface area (Å²) in [5, 5.41) is 40.1. The number of carboxylic acids is 1. The molecule has 0 bridgehead atoms. The smallest absolute Gasteiger partial charge is 0.335 e. The number of allylic oxidation sites excluding steroid dienone is 1. The number of rotatable bonds is 9. The van der Waals surface area contributed by atoms with Gasteiger partial charge in [0, 0.05) is 0 Å². The van der Waals surface area contributed by atoms with Crippen molar-refractivity contribution in [3.8, 4) is 0 Å². The van der Waals surface area contributed by atoms with Gasteiger partial charge in [-0.3, -0.25) is 0 Å². The molecule has 5 aliphatic rings. The molecule has 0 aromatic heterocycles. The van der Waals surface area contributed by atoms with E-state index in [4.69, 9.17) is 9.47 Å². The summed E-state index contributed by atoms with van der Waals surface area (Å²) in [6.07, 6.45) is 7.59. The van der Waals surface area contributed by atoms with Crippen LogP contribution in [0.15, 0.2) is 11.6 Å². The zero-order valence-electron chi connectivity index (χ0n) is 26.9. The van der Waals surface area contributed by atoms with Crippen molar-refractivity contribution in [3.63, 3.8) is 0 Å². The molecule has 14 atom stereocenters. The quantitative estimate of drug-likeness (QED) is 0.246. The van der Waals surface area contributed by atoms with Crippen molar-refractivity contribution in [2.24, 2.45) is 52.3 Å². The summed E-state index contributed by atoms with van der Waals surface area (Å²) in [5.74, 6) is 4.08. The molecule has 14 unspecified atom stereocenters. The van der Waals surface area contributed by atoms with Crippen LogP contribution in [0, 0.1) is 52.3 Å². The van der Waals surface area contributed by atoms with E-state index in [-0.39, 0.29) is 11.5 Å². The van der Waals surface area contributed by atoms with Gasteiger partial charge in [0.1, 0.15) is 18.3 Å². The topological polar surface area (TPSA) is 116 Å². The second-order valence-electron chi connectivity index (χ2n) is 15.7. The normalized spacial score (nSPS) is 46.8. The van der Waals surface area contributed by atoms with E-state index >= 15 is 0 Å². The molecule has 1 aliphatic heterocycles. The molecule has 0 radical (unpaired) electrons. The average Bonchev–Trinajstić information content (AvgIpc) is 3.30. The third kappa shape index (κ3) is 5.63. The number of aliphatic carboxylic acids is 1. The summed E-state index contributed by atoms with van der Waals surface area (Å²) in [4.78, 5) is 11.5. The molecule has 0 amide bonds. The fourth-order valence-corrected chi connectivity index (χ4v) is 10.8. The Bertz CT molecular complexity index is 996. The highest BCUT2D eigenvalue weighted by molar-refractivity contribution is 5.73. The predicted molar refractivity (Wildman–Crippen MR) is 161 cm³/mol. The van der Waals surface area contributed by atoms with E-state index in [2.05, 4.69) is 47.6 Å². The van der Waals surface area contributed by atoms with Gasteiger partial charge >= 0.3 is 5.97 Å². The summed E-state index contributed by atoms with van der Waals surface area (Å²) in [6.45, 7) is 14.8. The first-order valence-corrected chi connectivity index (χ1v) is 17.1. The van der Waals surface area contributed by atoms with E-state index in [9.17, 15) is 25.2 Å². The SMILES string of the molecule is CCC(CCC(C)C1CCC2C3CC=C4CC(OC5OC(C(=O)O)C(O)C(O)C5O)CCC4(C)C3CCC12C)C(C)C. The molecule has 0 aromatic carbocycles. The molecule has 1 saturated heterocycles. The van der Waals surface area contributed by atoms with Crippen LogP contribution in [0.4, 0.5) is 0 Å². The minimum absolute atomic E-state index is 0.144. The van der Waals surface area contributed by atoms with Gasteiger partial charge in [0.2, 0.25) is 0 Å². The van der Waals surface area contributed by atoms with Crippen LogP contribution in [-0.2, 0) is 14.3 Å². The second-order valence-corrected chi connectivity index (χ2v) is 15.7. The maximum Gasteiger partial charge on any atom is 0.335 e. The monoisotopic (exact) mass is 590 g/mol. The van der Waals surface area contributed by atoms with Crippen molar-refractivity contribution in [1.29, 1.82) is 0 Å². The van der Waals surface area contributed by atoms with Crippen LogP contribution in [0.2, 0.25) is 0 Å². The lowest BCUT2D eigenvalue weighted by molar-refractivity contribution is -0.306. The van der Waals surface area contributed by atoms with Crippen LogP contribution in [0.5, 0.6) is 0 Å². The Balaban J connectivity index is 1.24. The Morgan fingerprint density at radius 1 is 1.00 bits per heavy atom. The third-order valence-corrected chi connectivity index (χ3v) is 13.4. The van der Waals surface area contributed by atoms with Gasteiger partial charge in [-0.2, -0.15) is 0 Å². The van der Waals surface area contributed by atoms with Crippen molar-refractivity contribution < 1.29 is 34.7 Å². The highest BCUT2D eigenvalue weighted by Crippen LogP contribution is 2.67. The fourth-order valence-electron chi connectivity index (χ4n) is 10.8. The summed E-state index contributed by atoms with van der Waals surface area (Å²) < 4.78 is 11.5. The lowest BCUT2D eigenvalue weighted by Crippen LogP contribution is -2.61. The Hall–Kier alpha value is -0.990. The molecule has 7 nitrogen and oxygen atoms in total. The number of aliphatic hydroxyl groups excluding tert-OH is 3. The number of ether oxygens (including phenoxy) is 2. The van der Waals surface area contributed by atoms with E-state index in [1.54, 1.807) is 0 Å². The average molecular weight is 591 g/mol. The first kappa shape index (κ1) is 32.4. The van der Waals surface area contributed by atoms with Crippen LogP contribution < -0.4 is 0 Å². The Morgan fingerprint density at radius 2 is 1.74 bits per heavy atom. The molecule has 42 heavy (non-hydrogen) atoms. The maximum absolute atomic E-state index is 11.5. The summed E-state index contributed by atoms with van der Waals surface area (Å²) in [7, 11) is 0. The van der Waals surface area contributed by atoms with Crippen molar-refractivity contribution in [1.82, 2.24) is 0 Å². The first-order valence-electron chi connectivity index (χ1n) is 17.1. The van der Waals surface area contributed by atoms with E-state index in [0.717, 1.165) is 61.2 Å². The van der Waals surface area contributed by atoms with E-state index in [1.165, 1.54) is 50.5 Å². The lowest BCUT2D eigenvalue weighted by atomic mass is 9.47. The van der Waals surface area contributed by atoms with E-state index in [1.807, 2.05) is 0 Å². The fraction of sp³-hybridized carbons (Fsp3) is 0.914. The molecule has 0 aromatic rings. The molecule has 1 heterocycles. The largest absolute Gasteiger partial charge is 0.479 e. The van der Waals surface area contributed by atoms with Gasteiger partial charge in [-0.25, -0.2) is 4.79 Å². The Labute approximate surface area is 253 Å². The Kier molecular flexibility index (Phi) is 9.58. The number of carboxylic acid groups (broad SMARTS) is 1. The zero-order chi connectivity index (χ0) is 30.6. The van der Waals surface area contributed by atoms with Crippen LogP contribution >= 0.6 is 0 Å². The molecule has 4 aliphatic carbocycles. The number of carbonyl (C=O) groups is 1. The van der Waals surface area contributed by atoms with Crippen molar-refractivity contribution in [2.45, 2.75) is 149 Å². The molecular formula is C35H58O7. The summed E-state index contributed by atoms with van der Waals surface area (Å²) in [6, 6.07) is 0. The van der Waals surface area contributed by atoms with Gasteiger partial charge in [0.05, 0.1) is 6.10 Å². The standard InChI is InChI=1S/C35H58O7/c1-7-21(19(2)3)9-8-20(4)25-12-13-26-24-11-10-22-18-23(14-16-34(22,5)27(24)15-17-35(25,26)6)41-33-30(38)28(36)29(37)31(42-33)32(39)40/h10,19-21,23-31,33,36-38H,7-9,11-18H2,1-6H3,(H,39,40). The molecule has 7 heteroatoms. The summed E-state index contributed by atoms with van der Waals surface area (Å²) >= 11 is 0. The van der Waals surface area contributed by atoms with E-state index in [0.29, 0.717) is 11.3 Å². The minimum atomic E-state index is -1.70. The van der Waals surface area contributed by atoms with Crippen LogP contribution in [0.3, 0.4) is 0 Å². The van der Waals surface area contributed by atoms with Crippen LogP contribution in [0.1, 0.15) is 112 Å². The minimum Gasteiger partial charge on any atom is -0.479 e. The predicted octanol–water partition coefficient (Wildman–Crippen LogP) is 5.94. The third-order valence-electron chi connectivity index (χ3n) is 13.4. The van der Waals surface area contributed by atoms with Gasteiger partial charge in [-0.1, -0.05) is 66.0 Å². The number of hydrogen-bond acceptors (Lipinski definition) is 6. The van der Waals surface area contributed by atoms with Gasteiger partial charge in [0.15, 0.2) is 12.4 Å². The molecular weight excluding hydrogens is 532 g/mol. The van der Waals surface area contributed by atoms with Gasteiger partial charge in [0.25, 0.3) is 0 Å². The number of aliphatic hydroxyl groups is 3.